The highest BCUT2D eigenvalue weighted by molar-refractivity contribution is 5.49. The summed E-state index contributed by atoms with van der Waals surface area (Å²) in [5.41, 5.74) is 2.59. The van der Waals surface area contributed by atoms with E-state index in [9.17, 15) is 0 Å². The summed E-state index contributed by atoms with van der Waals surface area (Å²) in [5.74, 6) is 0. The van der Waals surface area contributed by atoms with Crippen molar-refractivity contribution in [1.82, 2.24) is 0 Å². The van der Waals surface area contributed by atoms with E-state index in [4.69, 9.17) is 4.74 Å². The minimum absolute atomic E-state index is 0.158. The molecule has 0 saturated carbocycles. The minimum atomic E-state index is 0.158. The van der Waals surface area contributed by atoms with Crippen molar-refractivity contribution in [3.05, 3.63) is 77.9 Å². The normalized spacial score (nSPS) is 12.7. The van der Waals surface area contributed by atoms with E-state index in [0.29, 0.717) is 0 Å². The van der Waals surface area contributed by atoms with E-state index < -0.39 is 0 Å². The molecule has 0 fully saturated rings. The molecule has 0 aliphatic rings. The van der Waals surface area contributed by atoms with Gasteiger partial charge in [-0.25, -0.2) is 0 Å². The summed E-state index contributed by atoms with van der Waals surface area (Å²) in [6.45, 7) is 2.89. The van der Waals surface area contributed by atoms with Crippen LogP contribution < -0.4 is 0 Å². The van der Waals surface area contributed by atoms with Crippen LogP contribution in [-0.4, -0.2) is 12.7 Å². The van der Waals surface area contributed by atoms with E-state index in [1.165, 1.54) is 11.1 Å². The third kappa shape index (κ3) is 5.41. The maximum Gasteiger partial charge on any atom is 0.0730 e. The van der Waals surface area contributed by atoms with Crippen LogP contribution in [0.25, 0.3) is 6.08 Å². The van der Waals surface area contributed by atoms with E-state index in [0.717, 1.165) is 19.4 Å². The Morgan fingerprint density at radius 1 is 0.950 bits per heavy atom. The molecule has 0 aliphatic carbocycles. The highest BCUT2D eigenvalue weighted by Gasteiger charge is 1.97. The van der Waals surface area contributed by atoms with Gasteiger partial charge < -0.3 is 4.74 Å². The Bertz CT molecular complexity index is 502. The van der Waals surface area contributed by atoms with Gasteiger partial charge in [0.2, 0.25) is 0 Å². The van der Waals surface area contributed by atoms with Crippen LogP contribution >= 0.6 is 0 Å². The zero-order valence-electron chi connectivity index (χ0n) is 12.0. The van der Waals surface area contributed by atoms with Gasteiger partial charge in [-0.15, -0.1) is 0 Å². The summed E-state index contributed by atoms with van der Waals surface area (Å²) < 4.78 is 5.80. The maximum atomic E-state index is 5.80. The quantitative estimate of drug-likeness (QED) is 0.658. The zero-order valence-corrected chi connectivity index (χ0v) is 12.0. The number of hydrogen-bond acceptors (Lipinski definition) is 1. The van der Waals surface area contributed by atoms with Crippen molar-refractivity contribution in [3.63, 3.8) is 0 Å². The molecule has 1 nitrogen and oxygen atoms in total. The summed E-state index contributed by atoms with van der Waals surface area (Å²) in [4.78, 5) is 0. The average Bonchev–Trinajstić information content (AvgIpc) is 2.52. The third-order valence-corrected chi connectivity index (χ3v) is 3.19. The van der Waals surface area contributed by atoms with Gasteiger partial charge in [0.05, 0.1) is 6.10 Å². The first-order valence-electron chi connectivity index (χ1n) is 7.23. The van der Waals surface area contributed by atoms with Gasteiger partial charge >= 0.3 is 0 Å². The topological polar surface area (TPSA) is 9.23 Å². The zero-order chi connectivity index (χ0) is 14.0. The van der Waals surface area contributed by atoms with Crippen molar-refractivity contribution in [2.24, 2.45) is 0 Å². The fraction of sp³-hybridized carbons (Fsp3) is 0.263. The van der Waals surface area contributed by atoms with Crippen LogP contribution in [0.1, 0.15) is 24.5 Å². The Morgan fingerprint density at radius 3 is 2.30 bits per heavy atom. The fourth-order valence-corrected chi connectivity index (χ4v) is 2.06. The molecule has 0 N–H and O–H groups in total. The molecule has 2 rings (SSSR count). The molecule has 0 saturated heterocycles. The van der Waals surface area contributed by atoms with E-state index in [-0.39, 0.29) is 6.10 Å². The lowest BCUT2D eigenvalue weighted by Crippen LogP contribution is -2.06. The van der Waals surface area contributed by atoms with Crippen LogP contribution in [-0.2, 0) is 11.2 Å². The average molecular weight is 266 g/mol. The van der Waals surface area contributed by atoms with Crippen molar-refractivity contribution in [1.29, 1.82) is 0 Å². The van der Waals surface area contributed by atoms with Crippen LogP contribution in [0.5, 0.6) is 0 Å². The SMILES string of the molecule is CC(/C=C/c1ccccc1)OCCCc1ccccc1. The second kappa shape index (κ2) is 8.34. The second-order valence-electron chi connectivity index (χ2n) is 4.93. The van der Waals surface area contributed by atoms with Crippen molar-refractivity contribution in [2.75, 3.05) is 6.61 Å². The predicted octanol–water partition coefficient (Wildman–Crippen LogP) is 4.74. The van der Waals surface area contributed by atoms with Crippen molar-refractivity contribution in [2.45, 2.75) is 25.9 Å². The highest BCUT2D eigenvalue weighted by atomic mass is 16.5. The van der Waals surface area contributed by atoms with Gasteiger partial charge in [-0.05, 0) is 30.9 Å². The Morgan fingerprint density at radius 2 is 1.60 bits per heavy atom. The molecular weight excluding hydrogens is 244 g/mol. The Kier molecular flexibility index (Phi) is 6.07. The first kappa shape index (κ1) is 14.5. The number of aryl methyl sites for hydroxylation is 1. The van der Waals surface area contributed by atoms with Crippen LogP contribution in [0.2, 0.25) is 0 Å². The van der Waals surface area contributed by atoms with Gasteiger partial charge in [-0.1, -0.05) is 72.8 Å². The predicted molar refractivity (Wildman–Crippen MR) is 85.7 cm³/mol. The van der Waals surface area contributed by atoms with E-state index in [2.05, 4.69) is 61.5 Å². The van der Waals surface area contributed by atoms with E-state index >= 15 is 0 Å². The summed E-state index contributed by atoms with van der Waals surface area (Å²) >= 11 is 0. The van der Waals surface area contributed by atoms with Gasteiger partial charge in [-0.2, -0.15) is 0 Å². The van der Waals surface area contributed by atoms with Crippen LogP contribution in [0.3, 0.4) is 0 Å². The molecule has 1 heteroatoms. The van der Waals surface area contributed by atoms with E-state index in [1.54, 1.807) is 0 Å². The molecule has 0 spiro atoms. The summed E-state index contributed by atoms with van der Waals surface area (Å²) in [7, 11) is 0. The van der Waals surface area contributed by atoms with Crippen LogP contribution in [0.15, 0.2) is 66.7 Å². The molecule has 0 aliphatic heterocycles. The van der Waals surface area contributed by atoms with Crippen LogP contribution in [0, 0.1) is 0 Å². The number of benzene rings is 2. The van der Waals surface area contributed by atoms with Crippen LogP contribution in [0.4, 0.5) is 0 Å². The summed E-state index contributed by atoms with van der Waals surface area (Å²) in [6, 6.07) is 20.9. The molecule has 1 unspecified atom stereocenters. The molecule has 1 atom stereocenters. The summed E-state index contributed by atoms with van der Waals surface area (Å²) in [5, 5.41) is 0. The van der Waals surface area contributed by atoms with Crippen molar-refractivity contribution >= 4 is 6.08 Å². The molecule has 0 aromatic heterocycles. The Balaban J connectivity index is 1.65. The standard InChI is InChI=1S/C19H22O/c1-17(14-15-19-11-6-3-7-12-19)20-16-8-13-18-9-4-2-5-10-18/h2-7,9-12,14-15,17H,8,13,16H2,1H3/b15-14+. The lowest BCUT2D eigenvalue weighted by molar-refractivity contribution is 0.0961. The Labute approximate surface area is 121 Å². The first-order valence-corrected chi connectivity index (χ1v) is 7.23. The lowest BCUT2D eigenvalue weighted by atomic mass is 10.1. The van der Waals surface area contributed by atoms with Gasteiger partial charge in [0.25, 0.3) is 0 Å². The third-order valence-electron chi connectivity index (χ3n) is 3.19. The highest BCUT2D eigenvalue weighted by Crippen LogP contribution is 2.06. The molecule has 2 aromatic rings. The van der Waals surface area contributed by atoms with Gasteiger partial charge in [0.1, 0.15) is 0 Å². The van der Waals surface area contributed by atoms with Gasteiger partial charge in [0.15, 0.2) is 0 Å². The molecular formula is C19H22O. The largest absolute Gasteiger partial charge is 0.374 e. The fourth-order valence-electron chi connectivity index (χ4n) is 2.06. The molecule has 0 bridgehead atoms. The van der Waals surface area contributed by atoms with Crippen molar-refractivity contribution < 1.29 is 4.74 Å². The van der Waals surface area contributed by atoms with Gasteiger partial charge in [0, 0.05) is 6.61 Å². The number of ether oxygens (including phenoxy) is 1. The summed E-state index contributed by atoms with van der Waals surface area (Å²) in [6.07, 6.45) is 6.52. The Hall–Kier alpha value is -1.86. The molecule has 104 valence electrons. The van der Waals surface area contributed by atoms with E-state index in [1.807, 2.05) is 18.2 Å². The molecule has 0 heterocycles. The number of rotatable bonds is 7. The van der Waals surface area contributed by atoms with Gasteiger partial charge in [-0.3, -0.25) is 0 Å². The number of hydrogen-bond donors (Lipinski definition) is 0. The van der Waals surface area contributed by atoms with Crippen molar-refractivity contribution in [3.8, 4) is 0 Å². The minimum Gasteiger partial charge on any atom is -0.374 e. The second-order valence-corrected chi connectivity index (χ2v) is 4.93. The lowest BCUT2D eigenvalue weighted by Gasteiger charge is -2.08. The molecule has 20 heavy (non-hydrogen) atoms. The maximum absolute atomic E-state index is 5.80. The monoisotopic (exact) mass is 266 g/mol. The molecule has 0 amide bonds. The molecule has 0 radical (unpaired) electrons. The molecule has 2 aromatic carbocycles. The smallest absolute Gasteiger partial charge is 0.0730 e. The first-order chi connectivity index (χ1) is 9.84.